The zero-order valence-electron chi connectivity index (χ0n) is 19.1. The number of anilines is 1. The minimum absolute atomic E-state index is 0.0816. The Morgan fingerprint density at radius 3 is 2.06 bits per heavy atom. The molecular formula is C24H26N4O6. The lowest BCUT2D eigenvalue weighted by Gasteiger charge is -2.19. The SMILES string of the molecule is CC(C)(C)OC(=O)NCC(=O)NCc1ccccc1NC(=O)CN1C(=O)c2ccccc2C1=O. The van der Waals surface area contributed by atoms with Crippen molar-refractivity contribution in [3.8, 4) is 0 Å². The molecule has 0 saturated heterocycles. The summed E-state index contributed by atoms with van der Waals surface area (Å²) in [6.45, 7) is 4.51. The topological polar surface area (TPSA) is 134 Å². The van der Waals surface area contributed by atoms with E-state index in [2.05, 4.69) is 16.0 Å². The van der Waals surface area contributed by atoms with Crippen molar-refractivity contribution in [2.75, 3.05) is 18.4 Å². The summed E-state index contributed by atoms with van der Waals surface area (Å²) in [7, 11) is 0. The summed E-state index contributed by atoms with van der Waals surface area (Å²) in [5, 5.41) is 7.70. The second-order valence-corrected chi connectivity index (χ2v) is 8.58. The van der Waals surface area contributed by atoms with Crippen molar-refractivity contribution in [2.45, 2.75) is 32.9 Å². The highest BCUT2D eigenvalue weighted by molar-refractivity contribution is 6.22. The Morgan fingerprint density at radius 1 is 0.853 bits per heavy atom. The zero-order valence-corrected chi connectivity index (χ0v) is 19.1. The van der Waals surface area contributed by atoms with Crippen LogP contribution in [0.25, 0.3) is 0 Å². The van der Waals surface area contributed by atoms with Gasteiger partial charge in [-0.25, -0.2) is 4.79 Å². The molecule has 178 valence electrons. The van der Waals surface area contributed by atoms with Crippen LogP contribution in [0.5, 0.6) is 0 Å². The number of fused-ring (bicyclic) bond motifs is 1. The number of imide groups is 1. The molecule has 0 radical (unpaired) electrons. The molecule has 0 aliphatic carbocycles. The van der Waals surface area contributed by atoms with Crippen molar-refractivity contribution in [1.82, 2.24) is 15.5 Å². The van der Waals surface area contributed by atoms with Crippen LogP contribution in [-0.2, 0) is 20.9 Å². The third kappa shape index (κ3) is 6.18. The fourth-order valence-corrected chi connectivity index (χ4v) is 3.24. The minimum Gasteiger partial charge on any atom is -0.444 e. The van der Waals surface area contributed by atoms with Crippen molar-refractivity contribution >= 4 is 35.4 Å². The van der Waals surface area contributed by atoms with Crippen LogP contribution in [0.4, 0.5) is 10.5 Å². The van der Waals surface area contributed by atoms with E-state index in [0.29, 0.717) is 11.3 Å². The summed E-state index contributed by atoms with van der Waals surface area (Å²) in [5.74, 6) is -2.04. The average Bonchev–Trinajstić information content (AvgIpc) is 3.01. The number of carbonyl (C=O) groups excluding carboxylic acids is 5. The third-order valence-electron chi connectivity index (χ3n) is 4.74. The second-order valence-electron chi connectivity index (χ2n) is 8.58. The van der Waals surface area contributed by atoms with Crippen molar-refractivity contribution in [2.24, 2.45) is 0 Å². The number of alkyl carbamates (subject to hydrolysis) is 1. The van der Waals surface area contributed by atoms with Gasteiger partial charge in [0.25, 0.3) is 11.8 Å². The summed E-state index contributed by atoms with van der Waals surface area (Å²) in [4.78, 5) is 62.2. The second kappa shape index (κ2) is 10.2. The molecule has 0 aromatic heterocycles. The van der Waals surface area contributed by atoms with Gasteiger partial charge in [-0.05, 0) is 44.5 Å². The van der Waals surface area contributed by atoms with Gasteiger partial charge in [0.15, 0.2) is 0 Å². The number of hydrogen-bond acceptors (Lipinski definition) is 6. The Balaban J connectivity index is 1.54. The summed E-state index contributed by atoms with van der Waals surface area (Å²) >= 11 is 0. The molecule has 1 aliphatic heterocycles. The Bertz CT molecular complexity index is 1100. The molecule has 2 aromatic rings. The first-order valence-electron chi connectivity index (χ1n) is 10.6. The van der Waals surface area contributed by atoms with E-state index in [1.54, 1.807) is 69.3 Å². The number of amides is 5. The van der Waals surface area contributed by atoms with Gasteiger partial charge in [0.05, 0.1) is 11.1 Å². The van der Waals surface area contributed by atoms with Crippen LogP contribution in [0, 0.1) is 0 Å². The first-order chi connectivity index (χ1) is 16.0. The summed E-state index contributed by atoms with van der Waals surface area (Å²) < 4.78 is 5.07. The van der Waals surface area contributed by atoms with Gasteiger partial charge < -0.3 is 20.7 Å². The van der Waals surface area contributed by atoms with Crippen molar-refractivity contribution in [1.29, 1.82) is 0 Å². The Morgan fingerprint density at radius 2 is 1.44 bits per heavy atom. The molecule has 0 spiro atoms. The first-order valence-corrected chi connectivity index (χ1v) is 10.6. The van der Waals surface area contributed by atoms with Crippen LogP contribution in [-0.4, -0.2) is 53.3 Å². The van der Waals surface area contributed by atoms with Crippen LogP contribution >= 0.6 is 0 Å². The number of nitrogens with zero attached hydrogens (tertiary/aromatic N) is 1. The van der Waals surface area contributed by atoms with Crippen LogP contribution in [0.15, 0.2) is 48.5 Å². The predicted octanol–water partition coefficient (Wildman–Crippen LogP) is 2.06. The van der Waals surface area contributed by atoms with E-state index < -0.39 is 41.9 Å². The number of hydrogen-bond donors (Lipinski definition) is 3. The fourth-order valence-electron chi connectivity index (χ4n) is 3.24. The third-order valence-corrected chi connectivity index (χ3v) is 4.74. The molecule has 3 N–H and O–H groups in total. The smallest absolute Gasteiger partial charge is 0.408 e. The Kier molecular flexibility index (Phi) is 7.30. The van der Waals surface area contributed by atoms with Crippen LogP contribution in [0.1, 0.15) is 47.1 Å². The maximum atomic E-state index is 12.6. The normalized spacial score (nSPS) is 12.7. The van der Waals surface area contributed by atoms with Gasteiger partial charge in [-0.2, -0.15) is 0 Å². The lowest BCUT2D eigenvalue weighted by atomic mass is 10.1. The molecule has 10 nitrogen and oxygen atoms in total. The molecule has 2 aromatic carbocycles. The molecule has 0 bridgehead atoms. The summed E-state index contributed by atoms with van der Waals surface area (Å²) in [6.07, 6.45) is -0.705. The molecule has 0 atom stereocenters. The van der Waals surface area contributed by atoms with E-state index in [0.717, 1.165) is 4.90 Å². The highest BCUT2D eigenvalue weighted by Gasteiger charge is 2.36. The molecule has 1 heterocycles. The van der Waals surface area contributed by atoms with Gasteiger partial charge in [0.2, 0.25) is 11.8 Å². The maximum Gasteiger partial charge on any atom is 0.408 e. The maximum absolute atomic E-state index is 12.6. The largest absolute Gasteiger partial charge is 0.444 e. The van der Waals surface area contributed by atoms with Crippen LogP contribution in [0.2, 0.25) is 0 Å². The lowest BCUT2D eigenvalue weighted by Crippen LogP contribution is -2.39. The quantitative estimate of drug-likeness (QED) is 0.535. The number of benzene rings is 2. The number of rotatable bonds is 7. The molecular weight excluding hydrogens is 440 g/mol. The monoisotopic (exact) mass is 466 g/mol. The zero-order chi connectivity index (χ0) is 24.9. The van der Waals surface area contributed by atoms with Crippen LogP contribution < -0.4 is 16.0 Å². The van der Waals surface area contributed by atoms with E-state index in [-0.39, 0.29) is 24.2 Å². The van der Waals surface area contributed by atoms with Gasteiger partial charge in [-0.15, -0.1) is 0 Å². The highest BCUT2D eigenvalue weighted by Crippen LogP contribution is 2.22. The predicted molar refractivity (Wildman–Crippen MR) is 123 cm³/mol. The van der Waals surface area contributed by atoms with Gasteiger partial charge >= 0.3 is 6.09 Å². The van der Waals surface area contributed by atoms with Crippen molar-refractivity contribution < 1.29 is 28.7 Å². The van der Waals surface area contributed by atoms with E-state index in [1.165, 1.54) is 0 Å². The number of para-hydroxylation sites is 1. The molecule has 0 unspecified atom stereocenters. The molecule has 0 fully saturated rings. The molecule has 3 rings (SSSR count). The van der Waals surface area contributed by atoms with Crippen molar-refractivity contribution in [3.05, 3.63) is 65.2 Å². The lowest BCUT2D eigenvalue weighted by molar-refractivity contribution is -0.120. The van der Waals surface area contributed by atoms with E-state index in [1.807, 2.05) is 0 Å². The van der Waals surface area contributed by atoms with Gasteiger partial charge in [0, 0.05) is 12.2 Å². The van der Waals surface area contributed by atoms with Gasteiger partial charge in [-0.1, -0.05) is 30.3 Å². The highest BCUT2D eigenvalue weighted by atomic mass is 16.6. The standard InChI is InChI=1S/C24H26N4O6/c1-24(2,3)34-23(33)26-13-19(29)25-12-15-8-4-7-11-18(15)27-20(30)14-28-21(31)16-9-5-6-10-17(16)22(28)32/h4-11H,12-14H2,1-3H3,(H,25,29)(H,26,33)(H,27,30). The number of ether oxygens (including phenoxy) is 1. The van der Waals surface area contributed by atoms with Gasteiger partial charge in [-0.3, -0.25) is 24.1 Å². The summed E-state index contributed by atoms with van der Waals surface area (Å²) in [6, 6.07) is 13.2. The summed E-state index contributed by atoms with van der Waals surface area (Å²) in [5.41, 5.74) is 0.880. The Labute approximate surface area is 196 Å². The van der Waals surface area contributed by atoms with Crippen LogP contribution in [0.3, 0.4) is 0 Å². The molecule has 5 amide bonds. The van der Waals surface area contributed by atoms with Crippen molar-refractivity contribution in [3.63, 3.8) is 0 Å². The van der Waals surface area contributed by atoms with E-state index >= 15 is 0 Å². The molecule has 34 heavy (non-hydrogen) atoms. The first kappa shape index (κ1) is 24.4. The molecule has 10 heteroatoms. The average molecular weight is 466 g/mol. The minimum atomic E-state index is -0.705. The van der Waals surface area contributed by atoms with Gasteiger partial charge in [0.1, 0.15) is 18.7 Å². The number of nitrogens with one attached hydrogen (secondary N) is 3. The fraction of sp³-hybridized carbons (Fsp3) is 0.292. The Hall–Kier alpha value is -4.21. The molecule has 0 saturated carbocycles. The van der Waals surface area contributed by atoms with E-state index in [9.17, 15) is 24.0 Å². The molecule has 1 aliphatic rings. The number of carbonyl (C=O) groups is 5. The van der Waals surface area contributed by atoms with E-state index in [4.69, 9.17) is 4.74 Å².